The summed E-state index contributed by atoms with van der Waals surface area (Å²) < 4.78 is 12.3. The summed E-state index contributed by atoms with van der Waals surface area (Å²) in [6, 6.07) is 0. The van der Waals surface area contributed by atoms with E-state index in [4.69, 9.17) is 9.47 Å². The molecule has 6 heteroatoms. The summed E-state index contributed by atoms with van der Waals surface area (Å²) in [6.07, 6.45) is 14.1. The number of fused-ring (bicyclic) bond motifs is 5. The van der Waals surface area contributed by atoms with Crippen LogP contribution in [0.15, 0.2) is 12.4 Å². The molecule has 1 N–H and O–H groups in total. The summed E-state index contributed by atoms with van der Waals surface area (Å²) in [4.78, 5) is 1.78. The fourth-order valence-electron chi connectivity index (χ4n) is 9.03. The number of aromatic nitrogens is 3. The van der Waals surface area contributed by atoms with Crippen molar-refractivity contribution in [3.05, 3.63) is 12.4 Å². The molecule has 31 heavy (non-hydrogen) atoms. The molecule has 2 heterocycles. The summed E-state index contributed by atoms with van der Waals surface area (Å²) in [5, 5.41) is 19.3. The first-order valence-electron chi connectivity index (χ1n) is 12.6. The molecule has 0 radical (unpaired) electrons. The van der Waals surface area contributed by atoms with Gasteiger partial charge in [-0.1, -0.05) is 6.92 Å². The SMILES string of the molecule is CO[C@@H]1C[C@@H]2[C@H](CC[C@]3(C)[C@@H](C4O[C@@H]4Cn4nccn4)CC[C@@H]23)[C@H]2CC[C@@](C)(O)C[C@H]21. The average Bonchev–Trinajstić information content (AvgIpc) is 3.12. The number of methoxy groups -OCH3 is 1. The fraction of sp³-hybridized carbons (Fsp3) is 0.920. The summed E-state index contributed by atoms with van der Waals surface area (Å²) >= 11 is 0. The number of nitrogens with zero attached hydrogens (tertiary/aromatic N) is 3. The minimum Gasteiger partial charge on any atom is -0.390 e. The highest BCUT2D eigenvalue weighted by atomic mass is 16.6. The van der Waals surface area contributed by atoms with E-state index in [9.17, 15) is 5.11 Å². The first-order valence-corrected chi connectivity index (χ1v) is 12.6. The smallest absolute Gasteiger partial charge is 0.106 e. The number of hydrogen-bond donors (Lipinski definition) is 1. The number of hydrogen-bond acceptors (Lipinski definition) is 5. The van der Waals surface area contributed by atoms with Gasteiger partial charge in [-0.05, 0) is 99.2 Å². The topological polar surface area (TPSA) is 72.7 Å². The van der Waals surface area contributed by atoms with Crippen LogP contribution in [-0.4, -0.2) is 51.1 Å². The molecular weight excluding hydrogens is 390 g/mol. The van der Waals surface area contributed by atoms with Crippen molar-refractivity contribution in [2.24, 2.45) is 40.9 Å². The molecule has 1 aromatic rings. The Morgan fingerprint density at radius 2 is 1.71 bits per heavy atom. The lowest BCUT2D eigenvalue weighted by Crippen LogP contribution is -2.55. The van der Waals surface area contributed by atoms with E-state index in [-0.39, 0.29) is 6.10 Å². The van der Waals surface area contributed by atoms with Crippen molar-refractivity contribution in [1.82, 2.24) is 15.0 Å². The largest absolute Gasteiger partial charge is 0.390 e. The first kappa shape index (κ1) is 20.6. The molecule has 0 aromatic carbocycles. The van der Waals surface area contributed by atoms with Crippen LogP contribution in [0, 0.1) is 40.9 Å². The van der Waals surface area contributed by atoms with Gasteiger partial charge in [-0.15, -0.1) is 0 Å². The lowest BCUT2D eigenvalue weighted by Gasteiger charge is -2.58. The zero-order valence-corrected chi connectivity index (χ0v) is 19.3. The molecule has 5 aliphatic rings. The summed E-state index contributed by atoms with van der Waals surface area (Å²) in [6.45, 7) is 5.40. The van der Waals surface area contributed by atoms with E-state index in [1.807, 2.05) is 14.0 Å². The second kappa shape index (κ2) is 7.26. The van der Waals surface area contributed by atoms with E-state index >= 15 is 0 Å². The Morgan fingerprint density at radius 1 is 1.00 bits per heavy atom. The van der Waals surface area contributed by atoms with Crippen molar-refractivity contribution in [2.75, 3.05) is 7.11 Å². The number of ether oxygens (including phenoxy) is 2. The molecule has 1 aliphatic heterocycles. The first-order chi connectivity index (χ1) is 14.9. The molecular formula is C25H39N3O3. The molecule has 1 unspecified atom stereocenters. The van der Waals surface area contributed by atoms with Crippen LogP contribution in [0.4, 0.5) is 0 Å². The molecule has 0 spiro atoms. The van der Waals surface area contributed by atoms with E-state index in [1.54, 1.807) is 17.2 Å². The minimum absolute atomic E-state index is 0.286. The molecule has 172 valence electrons. The van der Waals surface area contributed by atoms with E-state index in [1.165, 1.54) is 38.5 Å². The zero-order valence-electron chi connectivity index (χ0n) is 19.3. The summed E-state index contributed by atoms with van der Waals surface area (Å²) in [7, 11) is 1.90. The maximum absolute atomic E-state index is 10.8. The van der Waals surface area contributed by atoms with Gasteiger partial charge in [0.15, 0.2) is 0 Å². The maximum atomic E-state index is 10.8. The van der Waals surface area contributed by atoms with Gasteiger partial charge in [-0.25, -0.2) is 0 Å². The Kier molecular flexibility index (Phi) is 4.83. The fourth-order valence-corrected chi connectivity index (χ4v) is 9.03. The van der Waals surface area contributed by atoms with Crippen molar-refractivity contribution < 1.29 is 14.6 Å². The van der Waals surface area contributed by atoms with Gasteiger partial charge in [0.25, 0.3) is 0 Å². The highest BCUT2D eigenvalue weighted by Gasteiger charge is 2.63. The van der Waals surface area contributed by atoms with Crippen molar-refractivity contribution in [1.29, 1.82) is 0 Å². The standard InChI is InChI=1S/C25H39N3O3/c1-24(29)8-6-16-15-7-9-25(2)19(17(15)12-21(30-3)18(16)13-24)4-5-20(25)23-22(31-23)14-28-26-10-11-27-28/h10-11,15-23,29H,4-9,12-14H2,1-3H3/t15-,16-,17-,18-,19+,20-,21-,22-,23?,24-,25+/m1/s1. The molecule has 5 fully saturated rings. The van der Waals surface area contributed by atoms with Crippen molar-refractivity contribution in [2.45, 2.75) is 95.7 Å². The highest BCUT2D eigenvalue weighted by Crippen LogP contribution is 2.66. The second-order valence-corrected chi connectivity index (χ2v) is 12.0. The summed E-state index contributed by atoms with van der Waals surface area (Å²) in [5.41, 5.74) is -0.113. The number of rotatable bonds is 4. The Bertz CT molecular complexity index is 798. The molecule has 1 aromatic heterocycles. The van der Waals surface area contributed by atoms with Crippen LogP contribution in [0.2, 0.25) is 0 Å². The van der Waals surface area contributed by atoms with Crippen molar-refractivity contribution in [3.8, 4) is 0 Å². The van der Waals surface area contributed by atoms with E-state index in [0.29, 0.717) is 29.5 Å². The summed E-state index contributed by atoms with van der Waals surface area (Å²) in [5.74, 6) is 4.35. The van der Waals surface area contributed by atoms with Gasteiger partial charge in [0, 0.05) is 7.11 Å². The van der Waals surface area contributed by atoms with Gasteiger partial charge in [-0.2, -0.15) is 15.0 Å². The highest BCUT2D eigenvalue weighted by molar-refractivity contribution is 5.11. The minimum atomic E-state index is -0.506. The van der Waals surface area contributed by atoms with Crippen LogP contribution in [0.25, 0.3) is 0 Å². The van der Waals surface area contributed by atoms with Crippen LogP contribution in [0.5, 0.6) is 0 Å². The predicted molar refractivity (Wildman–Crippen MR) is 116 cm³/mol. The van der Waals surface area contributed by atoms with Gasteiger partial charge in [-0.3, -0.25) is 0 Å². The predicted octanol–water partition coefficient (Wildman–Crippen LogP) is 3.69. The van der Waals surface area contributed by atoms with Gasteiger partial charge < -0.3 is 14.6 Å². The van der Waals surface area contributed by atoms with Crippen LogP contribution in [0.1, 0.15) is 65.2 Å². The van der Waals surface area contributed by atoms with Gasteiger partial charge >= 0.3 is 0 Å². The third-order valence-corrected chi connectivity index (χ3v) is 10.5. The molecule has 1 saturated heterocycles. The average molecular weight is 430 g/mol. The monoisotopic (exact) mass is 429 g/mol. The lowest BCUT2D eigenvalue weighted by molar-refractivity contribution is -0.152. The Hall–Kier alpha value is -0.980. The van der Waals surface area contributed by atoms with Gasteiger partial charge in [0.05, 0.1) is 36.7 Å². The molecule has 0 amide bonds. The second-order valence-electron chi connectivity index (χ2n) is 12.0. The van der Waals surface area contributed by atoms with Gasteiger partial charge in [0.1, 0.15) is 6.10 Å². The van der Waals surface area contributed by atoms with Crippen LogP contribution in [-0.2, 0) is 16.0 Å². The third kappa shape index (κ3) is 3.31. The molecule has 11 atom stereocenters. The van der Waals surface area contributed by atoms with E-state index < -0.39 is 5.60 Å². The maximum Gasteiger partial charge on any atom is 0.106 e. The third-order valence-electron chi connectivity index (χ3n) is 10.5. The molecule has 4 saturated carbocycles. The Morgan fingerprint density at radius 3 is 2.48 bits per heavy atom. The van der Waals surface area contributed by atoms with Crippen LogP contribution < -0.4 is 0 Å². The molecule has 6 nitrogen and oxygen atoms in total. The zero-order chi connectivity index (χ0) is 21.4. The van der Waals surface area contributed by atoms with E-state index in [2.05, 4.69) is 17.1 Å². The van der Waals surface area contributed by atoms with Crippen molar-refractivity contribution >= 4 is 0 Å². The Labute approximate surface area is 186 Å². The van der Waals surface area contributed by atoms with E-state index in [0.717, 1.165) is 43.1 Å². The quantitative estimate of drug-likeness (QED) is 0.739. The number of aliphatic hydroxyl groups is 1. The van der Waals surface area contributed by atoms with Crippen LogP contribution >= 0.6 is 0 Å². The normalized spacial score (nSPS) is 53.5. The van der Waals surface area contributed by atoms with Crippen molar-refractivity contribution in [3.63, 3.8) is 0 Å². The molecule has 4 aliphatic carbocycles. The molecule has 0 bridgehead atoms. The van der Waals surface area contributed by atoms with Crippen LogP contribution in [0.3, 0.4) is 0 Å². The Balaban J connectivity index is 1.19. The molecule has 6 rings (SSSR count). The number of epoxide rings is 1. The van der Waals surface area contributed by atoms with Gasteiger partial charge in [0.2, 0.25) is 0 Å². The lowest BCUT2D eigenvalue weighted by atomic mass is 9.48.